The highest BCUT2D eigenvalue weighted by Crippen LogP contribution is 2.44. The summed E-state index contributed by atoms with van der Waals surface area (Å²) in [7, 11) is 0. The highest BCUT2D eigenvalue weighted by Gasteiger charge is 2.32. The minimum Gasteiger partial charge on any atom is -0.486 e. The summed E-state index contributed by atoms with van der Waals surface area (Å²) in [6.45, 7) is 3.95. The Morgan fingerprint density at radius 1 is 1.47 bits per heavy atom. The quantitative estimate of drug-likeness (QED) is 0.929. The van der Waals surface area contributed by atoms with Crippen LogP contribution in [0, 0.1) is 5.82 Å². The molecule has 0 saturated carbocycles. The third kappa shape index (κ3) is 2.61. The molecule has 1 aromatic rings. The van der Waals surface area contributed by atoms with Gasteiger partial charge in [-0.15, -0.1) is 0 Å². The van der Waals surface area contributed by atoms with E-state index in [0.717, 1.165) is 0 Å². The van der Waals surface area contributed by atoms with Crippen LogP contribution in [0.25, 0.3) is 0 Å². The molecule has 1 aliphatic rings. The number of carboxylic acids is 1. The van der Waals surface area contributed by atoms with Gasteiger partial charge >= 0.3 is 5.97 Å². The van der Waals surface area contributed by atoms with Gasteiger partial charge in [0.15, 0.2) is 11.5 Å². The summed E-state index contributed by atoms with van der Waals surface area (Å²) in [5.74, 6) is -1.13. The summed E-state index contributed by atoms with van der Waals surface area (Å²) in [6.07, 6.45) is -0.208. The third-order valence-electron chi connectivity index (χ3n) is 3.04. The number of hydrogen-bond donors (Lipinski definition) is 1. The minimum absolute atomic E-state index is 0.161. The molecule has 2 rings (SSSR count). The molecule has 19 heavy (non-hydrogen) atoms. The Kier molecular flexibility index (Phi) is 3.58. The minimum atomic E-state index is -1.00. The number of aliphatic carboxylic acids is 1. The maximum atomic E-state index is 14.3. The predicted octanol–water partition coefficient (Wildman–Crippen LogP) is 3.00. The van der Waals surface area contributed by atoms with Crippen LogP contribution in [-0.2, 0) is 10.2 Å². The van der Waals surface area contributed by atoms with Crippen LogP contribution in [0.3, 0.4) is 0 Å². The molecule has 1 aliphatic heterocycles. The Morgan fingerprint density at radius 2 is 2.11 bits per heavy atom. The summed E-state index contributed by atoms with van der Waals surface area (Å²) in [5.41, 5.74) is -0.681. The number of rotatable bonds is 3. The van der Waals surface area contributed by atoms with Gasteiger partial charge in [0.2, 0.25) is 0 Å². The number of ether oxygens (including phenoxy) is 2. The molecular weight excluding hydrogens is 275 g/mol. The van der Waals surface area contributed by atoms with E-state index in [2.05, 4.69) is 0 Å². The molecule has 0 spiro atoms. The fraction of sp³-hybridized carbons (Fsp3) is 0.462. The summed E-state index contributed by atoms with van der Waals surface area (Å²) in [6, 6.07) is 1.47. The van der Waals surface area contributed by atoms with E-state index >= 15 is 0 Å². The molecule has 0 saturated heterocycles. The van der Waals surface area contributed by atoms with Crippen LogP contribution < -0.4 is 9.47 Å². The normalized spacial score (nSPS) is 14.3. The Hall–Kier alpha value is -1.49. The second-order valence-corrected chi connectivity index (χ2v) is 5.41. The van der Waals surface area contributed by atoms with Crippen LogP contribution in [0.5, 0.6) is 11.5 Å². The number of carboxylic acid groups (broad SMARTS) is 1. The lowest BCUT2D eigenvalue weighted by Crippen LogP contribution is -2.24. The molecule has 0 radical (unpaired) electrons. The summed E-state index contributed by atoms with van der Waals surface area (Å²) in [5, 5.41) is 8.74. The van der Waals surface area contributed by atoms with E-state index in [1.165, 1.54) is 6.07 Å². The molecule has 0 fully saturated rings. The molecule has 0 bridgehead atoms. The van der Waals surface area contributed by atoms with Crippen molar-refractivity contribution in [1.82, 2.24) is 0 Å². The van der Waals surface area contributed by atoms with Crippen molar-refractivity contribution in [3.05, 3.63) is 22.5 Å². The van der Waals surface area contributed by atoms with Gasteiger partial charge in [-0.1, -0.05) is 25.4 Å². The van der Waals surface area contributed by atoms with Crippen LogP contribution in [0.1, 0.15) is 25.8 Å². The van der Waals surface area contributed by atoms with Crippen LogP contribution >= 0.6 is 11.6 Å². The maximum Gasteiger partial charge on any atom is 0.304 e. The second-order valence-electron chi connectivity index (χ2n) is 5.03. The van der Waals surface area contributed by atoms with Crippen molar-refractivity contribution in [3.63, 3.8) is 0 Å². The van der Waals surface area contributed by atoms with E-state index in [4.69, 9.17) is 26.2 Å². The van der Waals surface area contributed by atoms with E-state index in [9.17, 15) is 9.18 Å². The zero-order chi connectivity index (χ0) is 14.2. The molecule has 0 aromatic heterocycles. The third-order valence-corrected chi connectivity index (χ3v) is 3.37. The molecule has 104 valence electrons. The largest absolute Gasteiger partial charge is 0.486 e. The molecule has 4 nitrogen and oxygen atoms in total. The van der Waals surface area contributed by atoms with Gasteiger partial charge in [-0.25, -0.2) is 4.39 Å². The maximum absolute atomic E-state index is 14.3. The fourth-order valence-electron chi connectivity index (χ4n) is 2.09. The van der Waals surface area contributed by atoms with Gasteiger partial charge in [0, 0.05) is 5.41 Å². The van der Waals surface area contributed by atoms with Gasteiger partial charge in [0.1, 0.15) is 24.1 Å². The van der Waals surface area contributed by atoms with E-state index < -0.39 is 17.2 Å². The van der Waals surface area contributed by atoms with Gasteiger partial charge in [0.05, 0.1) is 6.42 Å². The SMILES string of the molecule is CC(C)(CC(=O)O)c1cc2c(c(Cl)c1F)OCCO2. The van der Waals surface area contributed by atoms with Crippen LogP contribution in [0.2, 0.25) is 5.02 Å². The van der Waals surface area contributed by atoms with Crippen molar-refractivity contribution in [3.8, 4) is 11.5 Å². The zero-order valence-electron chi connectivity index (χ0n) is 10.6. The van der Waals surface area contributed by atoms with Crippen molar-refractivity contribution in [1.29, 1.82) is 0 Å². The standard InChI is InChI=1S/C13H14ClFO4/c1-13(2,6-9(16)17)7-5-8-12(10(14)11(7)15)19-4-3-18-8/h5H,3-4,6H2,1-2H3,(H,16,17). The summed E-state index contributed by atoms with van der Waals surface area (Å²) < 4.78 is 24.9. The van der Waals surface area contributed by atoms with E-state index in [1.807, 2.05) is 0 Å². The number of halogens is 2. The van der Waals surface area contributed by atoms with Crippen molar-refractivity contribution < 1.29 is 23.8 Å². The van der Waals surface area contributed by atoms with Gasteiger partial charge < -0.3 is 14.6 Å². The molecule has 0 unspecified atom stereocenters. The van der Waals surface area contributed by atoms with E-state index in [-0.39, 0.29) is 22.8 Å². The van der Waals surface area contributed by atoms with Crippen molar-refractivity contribution in [2.45, 2.75) is 25.7 Å². The van der Waals surface area contributed by atoms with Gasteiger partial charge in [-0.2, -0.15) is 0 Å². The molecule has 1 aromatic carbocycles. The number of carbonyl (C=O) groups is 1. The highest BCUT2D eigenvalue weighted by atomic mass is 35.5. The lowest BCUT2D eigenvalue weighted by Gasteiger charge is -2.27. The smallest absolute Gasteiger partial charge is 0.304 e. The second kappa shape index (κ2) is 4.89. The Labute approximate surface area is 115 Å². The predicted molar refractivity (Wildman–Crippen MR) is 67.7 cm³/mol. The fourth-order valence-corrected chi connectivity index (χ4v) is 2.34. The molecule has 1 heterocycles. The van der Waals surface area contributed by atoms with E-state index in [0.29, 0.717) is 19.0 Å². The first-order valence-corrected chi connectivity index (χ1v) is 6.20. The van der Waals surface area contributed by atoms with Crippen LogP contribution in [0.15, 0.2) is 6.07 Å². The zero-order valence-corrected chi connectivity index (χ0v) is 11.4. The highest BCUT2D eigenvalue weighted by molar-refractivity contribution is 6.32. The Bertz CT molecular complexity index is 528. The van der Waals surface area contributed by atoms with Gasteiger partial charge in [0.25, 0.3) is 0 Å². The van der Waals surface area contributed by atoms with Crippen LogP contribution in [0.4, 0.5) is 4.39 Å². The first kappa shape index (κ1) is 13.9. The average molecular weight is 289 g/mol. The average Bonchev–Trinajstić information content (AvgIpc) is 2.32. The topological polar surface area (TPSA) is 55.8 Å². The lowest BCUT2D eigenvalue weighted by molar-refractivity contribution is -0.138. The molecule has 1 N–H and O–H groups in total. The van der Waals surface area contributed by atoms with E-state index in [1.54, 1.807) is 13.8 Å². The van der Waals surface area contributed by atoms with Crippen LogP contribution in [-0.4, -0.2) is 24.3 Å². The molecule has 0 aliphatic carbocycles. The van der Waals surface area contributed by atoms with Crippen molar-refractivity contribution in [2.75, 3.05) is 13.2 Å². The Balaban J connectivity index is 2.52. The van der Waals surface area contributed by atoms with Crippen molar-refractivity contribution >= 4 is 17.6 Å². The molecule has 6 heteroatoms. The monoisotopic (exact) mass is 288 g/mol. The van der Waals surface area contributed by atoms with Crippen molar-refractivity contribution in [2.24, 2.45) is 0 Å². The first-order chi connectivity index (χ1) is 8.83. The summed E-state index contributed by atoms with van der Waals surface area (Å²) >= 11 is 5.93. The molecule has 0 amide bonds. The van der Waals surface area contributed by atoms with Gasteiger partial charge in [-0.05, 0) is 11.6 Å². The lowest BCUT2D eigenvalue weighted by atomic mass is 9.81. The number of fused-ring (bicyclic) bond motifs is 1. The first-order valence-electron chi connectivity index (χ1n) is 5.83. The summed E-state index contributed by atoms with van der Waals surface area (Å²) in [4.78, 5) is 10.9. The number of hydrogen-bond acceptors (Lipinski definition) is 3. The molecular formula is C13H14ClFO4. The number of benzene rings is 1. The Morgan fingerprint density at radius 3 is 2.74 bits per heavy atom. The van der Waals surface area contributed by atoms with Gasteiger partial charge in [-0.3, -0.25) is 4.79 Å². The molecule has 0 atom stereocenters.